The smallest absolute Gasteiger partial charge is 0.0898 e. The molecule has 2 nitrogen and oxygen atoms in total. The van der Waals surface area contributed by atoms with Gasteiger partial charge >= 0.3 is 0 Å². The van der Waals surface area contributed by atoms with Crippen LogP contribution in [0, 0.1) is 10.8 Å². The molecular formula is C14H27NO. The summed E-state index contributed by atoms with van der Waals surface area (Å²) in [6, 6.07) is 0. The lowest BCUT2D eigenvalue weighted by Gasteiger charge is -2.27. The topological polar surface area (TPSA) is 15.8 Å². The third-order valence-electron chi connectivity index (χ3n) is 4.62. The fourth-order valence-electron chi connectivity index (χ4n) is 2.91. The van der Waals surface area contributed by atoms with Crippen molar-refractivity contribution in [1.82, 2.24) is 4.90 Å². The Morgan fingerprint density at radius 1 is 1.00 bits per heavy atom. The molecule has 0 aliphatic carbocycles. The molecule has 2 fully saturated rings. The molecule has 0 radical (unpaired) electrons. The molecule has 2 unspecified atom stereocenters. The summed E-state index contributed by atoms with van der Waals surface area (Å²) in [5.41, 5.74) is 0.694. The van der Waals surface area contributed by atoms with Crippen molar-refractivity contribution < 1.29 is 4.74 Å². The zero-order chi connectivity index (χ0) is 12.0. The number of nitrogens with zero attached hydrogens (tertiary/aromatic N) is 1. The standard InChI is InChI=1S/C14H27NO/c1-6-15-9-7-13(2,3)11-12(16-11)14(4,5)8-10-15/h11-12H,6-10H2,1-5H3. The van der Waals surface area contributed by atoms with Gasteiger partial charge in [0, 0.05) is 0 Å². The largest absolute Gasteiger partial charge is 0.368 e. The average molecular weight is 225 g/mol. The van der Waals surface area contributed by atoms with E-state index >= 15 is 0 Å². The Morgan fingerprint density at radius 3 is 1.81 bits per heavy atom. The number of hydrogen-bond donors (Lipinski definition) is 0. The fourth-order valence-corrected chi connectivity index (χ4v) is 2.91. The summed E-state index contributed by atoms with van der Waals surface area (Å²) in [5.74, 6) is 0. The molecule has 0 aromatic rings. The molecule has 0 aromatic carbocycles. The van der Waals surface area contributed by atoms with Gasteiger partial charge in [0.25, 0.3) is 0 Å². The van der Waals surface area contributed by atoms with E-state index in [1.165, 1.54) is 32.5 Å². The van der Waals surface area contributed by atoms with Gasteiger partial charge in [-0.3, -0.25) is 0 Å². The second-order valence-electron chi connectivity index (χ2n) is 6.89. The lowest BCUT2D eigenvalue weighted by Crippen LogP contribution is -2.31. The van der Waals surface area contributed by atoms with Crippen LogP contribution in [-0.4, -0.2) is 36.7 Å². The van der Waals surface area contributed by atoms with Crippen LogP contribution in [0.25, 0.3) is 0 Å². The maximum Gasteiger partial charge on any atom is 0.0898 e. The second-order valence-corrected chi connectivity index (χ2v) is 6.89. The summed E-state index contributed by atoms with van der Waals surface area (Å²) in [5, 5.41) is 0. The highest BCUT2D eigenvalue weighted by molar-refractivity contribution is 5.04. The Bertz CT molecular complexity index is 235. The number of fused-ring (bicyclic) bond motifs is 1. The Labute approximate surface area is 100 Å². The van der Waals surface area contributed by atoms with Crippen LogP contribution in [0.1, 0.15) is 47.5 Å². The van der Waals surface area contributed by atoms with E-state index < -0.39 is 0 Å². The minimum atomic E-state index is 0.347. The van der Waals surface area contributed by atoms with E-state index in [0.29, 0.717) is 23.0 Å². The summed E-state index contributed by atoms with van der Waals surface area (Å²) in [4.78, 5) is 2.59. The molecule has 0 amide bonds. The van der Waals surface area contributed by atoms with Crippen molar-refractivity contribution >= 4 is 0 Å². The van der Waals surface area contributed by atoms with Gasteiger partial charge in [-0.15, -0.1) is 0 Å². The molecule has 2 atom stereocenters. The normalized spacial score (nSPS) is 38.1. The van der Waals surface area contributed by atoms with Gasteiger partial charge in [0.15, 0.2) is 0 Å². The van der Waals surface area contributed by atoms with E-state index in [9.17, 15) is 0 Å². The molecule has 0 bridgehead atoms. The maximum absolute atomic E-state index is 5.97. The van der Waals surface area contributed by atoms with Crippen molar-refractivity contribution in [2.24, 2.45) is 10.8 Å². The van der Waals surface area contributed by atoms with Crippen molar-refractivity contribution in [2.75, 3.05) is 19.6 Å². The molecule has 2 aliphatic heterocycles. The Hall–Kier alpha value is -0.0800. The Balaban J connectivity index is 2.11. The third kappa shape index (κ3) is 2.28. The molecule has 0 N–H and O–H groups in total. The van der Waals surface area contributed by atoms with E-state index in [2.05, 4.69) is 39.5 Å². The highest BCUT2D eigenvalue weighted by Crippen LogP contribution is 2.50. The second kappa shape index (κ2) is 3.99. The van der Waals surface area contributed by atoms with E-state index in [1.807, 2.05) is 0 Å². The summed E-state index contributed by atoms with van der Waals surface area (Å²) in [6.45, 7) is 15.4. The van der Waals surface area contributed by atoms with Crippen molar-refractivity contribution in [2.45, 2.75) is 59.7 Å². The van der Waals surface area contributed by atoms with Crippen LogP contribution in [0.15, 0.2) is 0 Å². The first-order valence-corrected chi connectivity index (χ1v) is 6.74. The molecule has 94 valence electrons. The molecule has 16 heavy (non-hydrogen) atoms. The lowest BCUT2D eigenvalue weighted by atomic mass is 9.77. The van der Waals surface area contributed by atoms with Gasteiger partial charge in [-0.05, 0) is 43.3 Å². The van der Waals surface area contributed by atoms with Crippen molar-refractivity contribution in [1.29, 1.82) is 0 Å². The first kappa shape index (κ1) is 12.4. The predicted molar refractivity (Wildman–Crippen MR) is 67.6 cm³/mol. The van der Waals surface area contributed by atoms with Crippen molar-refractivity contribution in [3.05, 3.63) is 0 Å². The average Bonchev–Trinajstić information content (AvgIpc) is 2.97. The highest BCUT2D eigenvalue weighted by atomic mass is 16.6. The van der Waals surface area contributed by atoms with Gasteiger partial charge in [0.2, 0.25) is 0 Å². The lowest BCUT2D eigenvalue weighted by molar-refractivity contribution is 0.148. The Kier molecular flexibility index (Phi) is 3.09. The molecular weight excluding hydrogens is 198 g/mol. The summed E-state index contributed by atoms with van der Waals surface area (Å²) in [6.07, 6.45) is 3.52. The van der Waals surface area contributed by atoms with Crippen LogP contribution < -0.4 is 0 Å². The van der Waals surface area contributed by atoms with Gasteiger partial charge in [-0.25, -0.2) is 0 Å². The molecule has 0 saturated carbocycles. The minimum absolute atomic E-state index is 0.347. The van der Waals surface area contributed by atoms with Crippen LogP contribution in [0.2, 0.25) is 0 Å². The zero-order valence-electron chi connectivity index (χ0n) is 11.5. The molecule has 2 heteroatoms. The number of ether oxygens (including phenoxy) is 1. The van der Waals surface area contributed by atoms with Gasteiger partial charge in [0.1, 0.15) is 0 Å². The monoisotopic (exact) mass is 225 g/mol. The number of epoxide rings is 1. The van der Waals surface area contributed by atoms with Crippen LogP contribution in [0.3, 0.4) is 0 Å². The minimum Gasteiger partial charge on any atom is -0.368 e. The highest BCUT2D eigenvalue weighted by Gasteiger charge is 2.56. The third-order valence-corrected chi connectivity index (χ3v) is 4.62. The molecule has 2 saturated heterocycles. The Morgan fingerprint density at radius 2 is 1.44 bits per heavy atom. The van der Waals surface area contributed by atoms with Crippen LogP contribution >= 0.6 is 0 Å². The molecule has 2 aliphatic rings. The SMILES string of the molecule is CCN1CCC(C)(C)C2OC2C(C)(C)CC1. The maximum atomic E-state index is 5.97. The summed E-state index contributed by atoms with van der Waals surface area (Å²) in [7, 11) is 0. The number of rotatable bonds is 1. The summed E-state index contributed by atoms with van der Waals surface area (Å²) >= 11 is 0. The predicted octanol–water partition coefficient (Wildman–Crippen LogP) is 2.92. The van der Waals surface area contributed by atoms with E-state index in [4.69, 9.17) is 4.74 Å². The van der Waals surface area contributed by atoms with E-state index in [1.54, 1.807) is 0 Å². The van der Waals surface area contributed by atoms with Gasteiger partial charge in [-0.2, -0.15) is 0 Å². The quantitative estimate of drug-likeness (QED) is 0.638. The first-order valence-electron chi connectivity index (χ1n) is 6.74. The van der Waals surface area contributed by atoms with E-state index in [0.717, 1.165) is 0 Å². The van der Waals surface area contributed by atoms with Crippen LogP contribution in [-0.2, 0) is 4.74 Å². The molecule has 0 spiro atoms. The molecule has 2 heterocycles. The van der Waals surface area contributed by atoms with Gasteiger partial charge < -0.3 is 9.64 Å². The van der Waals surface area contributed by atoms with Crippen LogP contribution in [0.5, 0.6) is 0 Å². The van der Waals surface area contributed by atoms with Crippen LogP contribution in [0.4, 0.5) is 0 Å². The van der Waals surface area contributed by atoms with Gasteiger partial charge in [-0.1, -0.05) is 34.6 Å². The van der Waals surface area contributed by atoms with Gasteiger partial charge in [0.05, 0.1) is 12.2 Å². The van der Waals surface area contributed by atoms with E-state index in [-0.39, 0.29) is 0 Å². The first-order chi connectivity index (χ1) is 7.37. The van der Waals surface area contributed by atoms with Crippen molar-refractivity contribution in [3.63, 3.8) is 0 Å². The zero-order valence-corrected chi connectivity index (χ0v) is 11.5. The number of hydrogen-bond acceptors (Lipinski definition) is 2. The molecule has 2 rings (SSSR count). The van der Waals surface area contributed by atoms with Crippen molar-refractivity contribution in [3.8, 4) is 0 Å². The fraction of sp³-hybridized carbons (Fsp3) is 1.00. The summed E-state index contributed by atoms with van der Waals surface area (Å²) < 4.78 is 5.97. The molecule has 0 aromatic heterocycles.